The number of nitrogens with zero attached hydrogens (tertiary/aromatic N) is 2. The monoisotopic (exact) mass is 420 g/mol. The van der Waals surface area contributed by atoms with Gasteiger partial charge in [0.1, 0.15) is 17.5 Å². The predicted octanol–water partition coefficient (Wildman–Crippen LogP) is 5.77. The highest BCUT2D eigenvalue weighted by molar-refractivity contribution is 5.95. The molecule has 3 aromatic rings. The molecular weight excluding hydrogens is 388 g/mol. The van der Waals surface area contributed by atoms with Crippen molar-refractivity contribution in [3.05, 3.63) is 48.0 Å². The molecule has 4 rings (SSSR count). The molecule has 1 aliphatic heterocycles. The van der Waals surface area contributed by atoms with Gasteiger partial charge in [-0.05, 0) is 86.2 Å². The molecule has 0 spiro atoms. The number of amides is 1. The van der Waals surface area contributed by atoms with Crippen LogP contribution in [0.3, 0.4) is 0 Å². The maximum absolute atomic E-state index is 13.8. The van der Waals surface area contributed by atoms with E-state index < -0.39 is 0 Å². The number of likely N-dealkylation sites (tertiary alicyclic amines) is 1. The van der Waals surface area contributed by atoms with Crippen molar-refractivity contribution in [1.82, 2.24) is 9.47 Å². The van der Waals surface area contributed by atoms with Gasteiger partial charge >= 0.3 is 0 Å². The summed E-state index contributed by atoms with van der Waals surface area (Å²) in [6.45, 7) is 5.85. The lowest BCUT2D eigenvalue weighted by atomic mass is 10.0. The molecule has 2 heterocycles. The van der Waals surface area contributed by atoms with E-state index in [9.17, 15) is 15.0 Å². The molecule has 1 saturated heterocycles. The smallest absolute Gasteiger partial charge is 0.245 e. The first-order valence-corrected chi connectivity index (χ1v) is 11.4. The van der Waals surface area contributed by atoms with Crippen LogP contribution < -0.4 is 0 Å². The summed E-state index contributed by atoms with van der Waals surface area (Å²) in [6, 6.07) is 12.3. The maximum atomic E-state index is 13.8. The molecule has 5 heteroatoms. The number of hydrogen-bond donors (Lipinski definition) is 2. The number of piperidine rings is 1. The highest BCUT2D eigenvalue weighted by Gasteiger charge is 2.30. The Balaban J connectivity index is 1.92. The molecule has 5 nitrogen and oxygen atoms in total. The summed E-state index contributed by atoms with van der Waals surface area (Å²) >= 11 is 0. The fourth-order valence-electron chi connectivity index (χ4n) is 4.85. The lowest BCUT2D eigenvalue weighted by molar-refractivity contribution is -0.135. The third-order valence-corrected chi connectivity index (χ3v) is 6.48. The second-order valence-corrected chi connectivity index (χ2v) is 8.64. The summed E-state index contributed by atoms with van der Waals surface area (Å²) in [4.78, 5) is 15.8. The van der Waals surface area contributed by atoms with Crippen molar-refractivity contribution in [3.63, 3.8) is 0 Å². The molecule has 0 radical (unpaired) electrons. The van der Waals surface area contributed by atoms with Gasteiger partial charge in [0.05, 0.1) is 5.69 Å². The second-order valence-electron chi connectivity index (χ2n) is 8.64. The Bertz CT molecular complexity index is 1060. The van der Waals surface area contributed by atoms with Crippen molar-refractivity contribution in [1.29, 1.82) is 0 Å². The number of phenols is 2. The van der Waals surface area contributed by atoms with E-state index in [1.165, 1.54) is 6.42 Å². The van der Waals surface area contributed by atoms with Crippen molar-refractivity contribution in [2.24, 2.45) is 0 Å². The molecular formula is C26H32N2O3. The van der Waals surface area contributed by atoms with Crippen LogP contribution >= 0.6 is 0 Å². The number of benzene rings is 2. The van der Waals surface area contributed by atoms with Crippen LogP contribution in [0.1, 0.15) is 57.1 Å². The van der Waals surface area contributed by atoms with Crippen LogP contribution in [0.4, 0.5) is 0 Å². The van der Waals surface area contributed by atoms with Gasteiger partial charge in [0, 0.05) is 24.0 Å². The molecule has 1 amide bonds. The van der Waals surface area contributed by atoms with Gasteiger partial charge in [-0.25, -0.2) is 0 Å². The third kappa shape index (κ3) is 4.14. The number of carbonyl (C=O) groups is 1. The summed E-state index contributed by atoms with van der Waals surface area (Å²) in [5.74, 6) is 0.629. The fraction of sp³-hybridized carbons (Fsp3) is 0.423. The van der Waals surface area contributed by atoms with Gasteiger partial charge in [-0.15, -0.1) is 0 Å². The maximum Gasteiger partial charge on any atom is 0.245 e. The number of carbonyl (C=O) groups excluding carboxylic acids is 1. The van der Waals surface area contributed by atoms with Crippen LogP contribution in [-0.4, -0.2) is 38.7 Å². The minimum absolute atomic E-state index is 0.193. The number of hydrogen-bond acceptors (Lipinski definition) is 3. The van der Waals surface area contributed by atoms with E-state index in [0.29, 0.717) is 0 Å². The number of aromatic hydroxyl groups is 2. The van der Waals surface area contributed by atoms with E-state index in [1.54, 1.807) is 24.3 Å². The number of aromatic nitrogens is 1. The number of unbranched alkanes of at least 4 members (excludes halogenated alkanes) is 1. The Kier molecular flexibility index (Phi) is 6.21. The highest BCUT2D eigenvalue weighted by Crippen LogP contribution is 2.39. The second kappa shape index (κ2) is 9.04. The van der Waals surface area contributed by atoms with Gasteiger partial charge in [0.15, 0.2) is 0 Å². The summed E-state index contributed by atoms with van der Waals surface area (Å²) in [5, 5.41) is 20.9. The van der Waals surface area contributed by atoms with Crippen LogP contribution in [0.25, 0.3) is 22.2 Å². The van der Waals surface area contributed by atoms with Gasteiger partial charge in [-0.1, -0.05) is 19.8 Å². The molecule has 0 bridgehead atoms. The first-order chi connectivity index (χ1) is 15.0. The predicted molar refractivity (Wildman–Crippen MR) is 124 cm³/mol. The molecule has 1 atom stereocenters. The summed E-state index contributed by atoms with van der Waals surface area (Å²) < 4.78 is 2.18. The average Bonchev–Trinajstić information content (AvgIpc) is 3.07. The van der Waals surface area contributed by atoms with Gasteiger partial charge < -0.3 is 19.7 Å². The van der Waals surface area contributed by atoms with Crippen molar-refractivity contribution >= 4 is 16.8 Å². The molecule has 2 aromatic carbocycles. The number of fused-ring (bicyclic) bond motifs is 1. The van der Waals surface area contributed by atoms with Crippen LogP contribution in [0.2, 0.25) is 0 Å². The molecule has 0 saturated carbocycles. The first-order valence-electron chi connectivity index (χ1n) is 11.4. The van der Waals surface area contributed by atoms with Crippen LogP contribution in [0.5, 0.6) is 11.5 Å². The number of aryl methyl sites for hydroxylation is 1. The Hall–Kier alpha value is -2.95. The quantitative estimate of drug-likeness (QED) is 0.532. The van der Waals surface area contributed by atoms with Gasteiger partial charge in [-0.2, -0.15) is 0 Å². The Morgan fingerprint density at radius 2 is 1.68 bits per heavy atom. The van der Waals surface area contributed by atoms with E-state index in [0.717, 1.165) is 72.9 Å². The van der Waals surface area contributed by atoms with E-state index in [4.69, 9.17) is 0 Å². The zero-order valence-corrected chi connectivity index (χ0v) is 18.5. The fourth-order valence-corrected chi connectivity index (χ4v) is 4.85. The zero-order valence-electron chi connectivity index (χ0n) is 18.5. The lowest BCUT2D eigenvalue weighted by Gasteiger charge is -2.32. The topological polar surface area (TPSA) is 65.7 Å². The Morgan fingerprint density at radius 3 is 2.35 bits per heavy atom. The third-order valence-electron chi connectivity index (χ3n) is 6.48. The summed E-state index contributed by atoms with van der Waals surface area (Å²) in [5.41, 5.74) is 3.93. The lowest BCUT2D eigenvalue weighted by Crippen LogP contribution is -2.40. The van der Waals surface area contributed by atoms with Crippen molar-refractivity contribution < 1.29 is 15.0 Å². The molecule has 1 fully saturated rings. The molecule has 164 valence electrons. The molecule has 0 aliphatic carbocycles. The minimum Gasteiger partial charge on any atom is -0.508 e. The zero-order chi connectivity index (χ0) is 22.0. The van der Waals surface area contributed by atoms with Gasteiger partial charge in [0.2, 0.25) is 5.91 Å². The molecule has 2 N–H and O–H groups in total. The van der Waals surface area contributed by atoms with E-state index in [-0.39, 0.29) is 23.4 Å². The van der Waals surface area contributed by atoms with Crippen LogP contribution in [-0.2, 0) is 4.79 Å². The van der Waals surface area contributed by atoms with Gasteiger partial charge in [-0.3, -0.25) is 4.79 Å². The summed E-state index contributed by atoms with van der Waals surface area (Å²) in [6.07, 6.45) is 6.09. The van der Waals surface area contributed by atoms with E-state index in [1.807, 2.05) is 30.0 Å². The highest BCUT2D eigenvalue weighted by atomic mass is 16.3. The molecule has 1 unspecified atom stereocenters. The van der Waals surface area contributed by atoms with Crippen molar-refractivity contribution in [2.75, 3.05) is 13.1 Å². The SMILES string of the molecule is CCCCC(C(=O)N1CCCCC1)n1c(-c2ccc(O)cc2)c(C)c2cc(O)ccc21. The number of phenolic OH excluding ortho intramolecular Hbond substituents is 2. The molecule has 1 aliphatic rings. The Labute approximate surface area is 183 Å². The van der Waals surface area contributed by atoms with Crippen LogP contribution in [0, 0.1) is 6.92 Å². The normalized spacial score (nSPS) is 15.4. The van der Waals surface area contributed by atoms with E-state index in [2.05, 4.69) is 11.5 Å². The van der Waals surface area contributed by atoms with Crippen molar-refractivity contribution in [2.45, 2.75) is 58.4 Å². The van der Waals surface area contributed by atoms with Crippen LogP contribution in [0.15, 0.2) is 42.5 Å². The first kappa shape index (κ1) is 21.3. The largest absolute Gasteiger partial charge is 0.508 e. The number of rotatable bonds is 6. The standard InChI is InChI=1S/C26H32N2O3/c1-3-4-8-24(26(31)27-15-6-5-7-16-27)28-23-14-13-21(30)17-22(23)18(2)25(28)19-9-11-20(29)12-10-19/h9-14,17,24,29-30H,3-8,15-16H2,1-2H3. The molecule has 1 aromatic heterocycles. The van der Waals surface area contributed by atoms with E-state index >= 15 is 0 Å². The van der Waals surface area contributed by atoms with Gasteiger partial charge in [0.25, 0.3) is 0 Å². The van der Waals surface area contributed by atoms with Crippen molar-refractivity contribution in [3.8, 4) is 22.8 Å². The average molecular weight is 421 g/mol. The minimum atomic E-state index is -0.289. The Morgan fingerprint density at radius 1 is 1.00 bits per heavy atom. The summed E-state index contributed by atoms with van der Waals surface area (Å²) in [7, 11) is 0. The molecule has 31 heavy (non-hydrogen) atoms.